The van der Waals surface area contributed by atoms with Gasteiger partial charge < -0.3 is 24.8 Å². The first-order chi connectivity index (χ1) is 13.2. The predicted octanol–water partition coefficient (Wildman–Crippen LogP) is 3.98. The van der Waals surface area contributed by atoms with Crippen LogP contribution in [0.5, 0.6) is 17.2 Å². The normalized spacial score (nSPS) is 10.6. The number of rotatable bonds is 9. The first-order valence-electron chi connectivity index (χ1n) is 9.07. The summed E-state index contributed by atoms with van der Waals surface area (Å²) in [7, 11) is 5.02. The lowest BCUT2D eigenvalue weighted by molar-refractivity contribution is 0.317. The van der Waals surface area contributed by atoms with E-state index in [0.29, 0.717) is 24.6 Å². The van der Waals surface area contributed by atoms with E-state index in [9.17, 15) is 0 Å². The van der Waals surface area contributed by atoms with Crippen molar-refractivity contribution in [2.45, 2.75) is 26.4 Å². The first kappa shape index (κ1) is 23.9. The minimum atomic E-state index is 0. The molecule has 0 aliphatic rings. The summed E-state index contributed by atoms with van der Waals surface area (Å²) >= 11 is 0. The molecule has 0 fully saturated rings. The van der Waals surface area contributed by atoms with Crippen LogP contribution in [0, 0.1) is 0 Å². The third kappa shape index (κ3) is 7.46. The highest BCUT2D eigenvalue weighted by Crippen LogP contribution is 2.27. The summed E-state index contributed by atoms with van der Waals surface area (Å²) in [4.78, 5) is 4.27. The fraction of sp³-hybridized carbons (Fsp3) is 0.381. The molecule has 0 saturated carbocycles. The van der Waals surface area contributed by atoms with Gasteiger partial charge in [-0.2, -0.15) is 0 Å². The quantitative estimate of drug-likeness (QED) is 0.311. The van der Waals surface area contributed by atoms with Crippen LogP contribution in [0.2, 0.25) is 0 Å². The summed E-state index contributed by atoms with van der Waals surface area (Å²) < 4.78 is 16.3. The van der Waals surface area contributed by atoms with Gasteiger partial charge in [0.25, 0.3) is 0 Å². The summed E-state index contributed by atoms with van der Waals surface area (Å²) in [5.74, 6) is 3.05. The van der Waals surface area contributed by atoms with Crippen molar-refractivity contribution in [3.05, 3.63) is 53.6 Å². The molecule has 0 amide bonds. The Morgan fingerprint density at radius 1 is 0.929 bits per heavy atom. The predicted molar refractivity (Wildman–Crippen MR) is 124 cm³/mol. The lowest BCUT2D eigenvalue weighted by Gasteiger charge is -2.14. The van der Waals surface area contributed by atoms with Crippen molar-refractivity contribution >= 4 is 29.9 Å². The Labute approximate surface area is 184 Å². The van der Waals surface area contributed by atoms with Gasteiger partial charge in [0.2, 0.25) is 0 Å². The molecule has 0 radical (unpaired) electrons. The highest BCUT2D eigenvalue weighted by molar-refractivity contribution is 14.0. The molecular formula is C21H30IN3O3. The van der Waals surface area contributed by atoms with Gasteiger partial charge in [-0.1, -0.05) is 25.1 Å². The fourth-order valence-corrected chi connectivity index (χ4v) is 2.55. The number of guanidine groups is 1. The largest absolute Gasteiger partial charge is 0.494 e. The molecule has 154 valence electrons. The fourth-order valence-electron chi connectivity index (χ4n) is 2.55. The SMILES string of the molecule is CCCOc1cccc(CNC(=NC)NCc2ccc(OC)c(OC)c2)c1.I. The number of ether oxygens (including phenoxy) is 3. The molecule has 7 heteroatoms. The Balaban J connectivity index is 0.00000392. The topological polar surface area (TPSA) is 64.1 Å². The van der Waals surface area contributed by atoms with E-state index >= 15 is 0 Å². The van der Waals surface area contributed by atoms with E-state index in [1.54, 1.807) is 21.3 Å². The Morgan fingerprint density at radius 2 is 1.61 bits per heavy atom. The minimum absolute atomic E-state index is 0. The number of nitrogens with one attached hydrogen (secondary N) is 2. The Morgan fingerprint density at radius 3 is 2.21 bits per heavy atom. The van der Waals surface area contributed by atoms with Crippen LogP contribution in [-0.2, 0) is 13.1 Å². The molecule has 6 nitrogen and oxygen atoms in total. The molecular weight excluding hydrogens is 469 g/mol. The highest BCUT2D eigenvalue weighted by atomic mass is 127. The van der Waals surface area contributed by atoms with E-state index in [4.69, 9.17) is 14.2 Å². The maximum Gasteiger partial charge on any atom is 0.191 e. The van der Waals surface area contributed by atoms with Gasteiger partial charge in [0, 0.05) is 20.1 Å². The molecule has 0 heterocycles. The lowest BCUT2D eigenvalue weighted by Crippen LogP contribution is -2.36. The van der Waals surface area contributed by atoms with Gasteiger partial charge >= 0.3 is 0 Å². The molecule has 0 aromatic heterocycles. The van der Waals surface area contributed by atoms with Gasteiger partial charge in [-0.25, -0.2) is 0 Å². The molecule has 2 N–H and O–H groups in total. The average Bonchev–Trinajstić information content (AvgIpc) is 2.72. The van der Waals surface area contributed by atoms with Crippen molar-refractivity contribution < 1.29 is 14.2 Å². The summed E-state index contributed by atoms with van der Waals surface area (Å²) in [6, 6.07) is 13.9. The summed E-state index contributed by atoms with van der Waals surface area (Å²) in [5.41, 5.74) is 2.21. The van der Waals surface area contributed by atoms with Crippen molar-refractivity contribution in [3.8, 4) is 17.2 Å². The van der Waals surface area contributed by atoms with E-state index in [-0.39, 0.29) is 24.0 Å². The average molecular weight is 499 g/mol. The monoisotopic (exact) mass is 499 g/mol. The number of methoxy groups -OCH3 is 2. The van der Waals surface area contributed by atoms with E-state index in [0.717, 1.165) is 35.9 Å². The molecule has 0 atom stereocenters. The summed E-state index contributed by atoms with van der Waals surface area (Å²) in [6.07, 6.45) is 0.995. The molecule has 0 aliphatic heterocycles. The summed E-state index contributed by atoms with van der Waals surface area (Å²) in [5, 5.41) is 6.62. The van der Waals surface area contributed by atoms with Gasteiger partial charge in [0.05, 0.1) is 20.8 Å². The van der Waals surface area contributed by atoms with E-state index in [1.807, 2.05) is 36.4 Å². The smallest absolute Gasteiger partial charge is 0.191 e. The van der Waals surface area contributed by atoms with E-state index in [2.05, 4.69) is 28.6 Å². The first-order valence-corrected chi connectivity index (χ1v) is 9.07. The van der Waals surface area contributed by atoms with Gasteiger partial charge in [-0.3, -0.25) is 4.99 Å². The molecule has 2 rings (SSSR count). The second kappa shape index (κ2) is 13.1. The van der Waals surface area contributed by atoms with Crippen molar-refractivity contribution in [2.75, 3.05) is 27.9 Å². The van der Waals surface area contributed by atoms with Crippen LogP contribution in [0.4, 0.5) is 0 Å². The maximum absolute atomic E-state index is 5.68. The van der Waals surface area contributed by atoms with Crippen molar-refractivity contribution in [1.29, 1.82) is 0 Å². The third-order valence-corrected chi connectivity index (χ3v) is 3.96. The standard InChI is InChI=1S/C21H29N3O3.HI/c1-5-11-27-18-8-6-7-16(12-18)14-23-21(22-2)24-15-17-9-10-19(25-3)20(13-17)26-4;/h6-10,12-13H,5,11,14-15H2,1-4H3,(H2,22,23,24);1H. The number of aliphatic imine (C=N–C) groups is 1. The van der Waals surface area contributed by atoms with E-state index in [1.165, 1.54) is 0 Å². The number of halogens is 1. The van der Waals surface area contributed by atoms with E-state index < -0.39 is 0 Å². The Hall–Kier alpha value is -2.16. The number of hydrogen-bond donors (Lipinski definition) is 2. The Kier molecular flexibility index (Phi) is 11.2. The van der Waals surface area contributed by atoms with Crippen LogP contribution in [-0.4, -0.2) is 33.8 Å². The zero-order valence-corrected chi connectivity index (χ0v) is 19.3. The van der Waals surface area contributed by atoms with Gasteiger partial charge in [-0.05, 0) is 41.8 Å². The third-order valence-electron chi connectivity index (χ3n) is 3.96. The Bertz CT molecular complexity index is 753. The lowest BCUT2D eigenvalue weighted by atomic mass is 10.2. The molecule has 2 aromatic rings. The van der Waals surface area contributed by atoms with Crippen LogP contribution in [0.1, 0.15) is 24.5 Å². The minimum Gasteiger partial charge on any atom is -0.494 e. The van der Waals surface area contributed by atoms with Crippen molar-refractivity contribution in [2.24, 2.45) is 4.99 Å². The van der Waals surface area contributed by atoms with Crippen molar-refractivity contribution in [3.63, 3.8) is 0 Å². The zero-order valence-electron chi connectivity index (χ0n) is 17.0. The zero-order chi connectivity index (χ0) is 19.5. The van der Waals surface area contributed by atoms with Gasteiger partial charge in [0.15, 0.2) is 17.5 Å². The molecule has 0 aliphatic carbocycles. The number of nitrogens with zero attached hydrogens (tertiary/aromatic N) is 1. The van der Waals surface area contributed by atoms with Crippen LogP contribution >= 0.6 is 24.0 Å². The molecule has 2 aromatic carbocycles. The molecule has 0 bridgehead atoms. The number of hydrogen-bond acceptors (Lipinski definition) is 4. The van der Waals surface area contributed by atoms with Crippen LogP contribution < -0.4 is 24.8 Å². The second-order valence-electron chi connectivity index (χ2n) is 5.96. The summed E-state index contributed by atoms with van der Waals surface area (Å²) in [6.45, 7) is 4.11. The second-order valence-corrected chi connectivity index (χ2v) is 5.96. The molecule has 0 unspecified atom stereocenters. The molecule has 0 spiro atoms. The maximum atomic E-state index is 5.68. The van der Waals surface area contributed by atoms with Gasteiger partial charge in [-0.15, -0.1) is 24.0 Å². The van der Waals surface area contributed by atoms with Crippen LogP contribution in [0.25, 0.3) is 0 Å². The van der Waals surface area contributed by atoms with Crippen LogP contribution in [0.15, 0.2) is 47.5 Å². The molecule has 0 saturated heterocycles. The highest BCUT2D eigenvalue weighted by Gasteiger charge is 2.05. The molecule has 28 heavy (non-hydrogen) atoms. The van der Waals surface area contributed by atoms with Gasteiger partial charge in [0.1, 0.15) is 5.75 Å². The van der Waals surface area contributed by atoms with Crippen LogP contribution in [0.3, 0.4) is 0 Å². The van der Waals surface area contributed by atoms with Crippen molar-refractivity contribution in [1.82, 2.24) is 10.6 Å². The number of benzene rings is 2.